The number of aryl methyl sites for hydroxylation is 3. The van der Waals surface area contributed by atoms with Gasteiger partial charge in [-0.05, 0) is 26.0 Å². The van der Waals surface area contributed by atoms with Crippen molar-refractivity contribution in [2.45, 2.75) is 20.3 Å². The highest BCUT2D eigenvalue weighted by molar-refractivity contribution is 7.85. The minimum atomic E-state index is -2.81. The molecular weight excluding hydrogens is 526 g/mol. The van der Waals surface area contributed by atoms with E-state index in [1.165, 1.54) is 0 Å². The van der Waals surface area contributed by atoms with Crippen LogP contribution >= 0.6 is 0 Å². The summed E-state index contributed by atoms with van der Waals surface area (Å²) in [6.07, 6.45) is 3.77. The Morgan fingerprint density at radius 3 is 2.49 bits per heavy atom. The molecule has 0 bridgehead atoms. The SMILES string of the molecule is Cc1ncc(Nc2cc(Nc3ccc(-c4cncn4C)cc3N(C)S(C)=O)c3[nH]c(C(F)F)nc3n2)nc1C. The Hall–Kier alpha value is -4.46. The van der Waals surface area contributed by atoms with Gasteiger partial charge in [-0.15, -0.1) is 0 Å². The van der Waals surface area contributed by atoms with E-state index < -0.39 is 23.2 Å². The predicted molar refractivity (Wildman–Crippen MR) is 148 cm³/mol. The number of nitrogens with one attached hydrogen (secondary N) is 3. The minimum Gasteiger partial charge on any atom is -0.352 e. The van der Waals surface area contributed by atoms with Crippen molar-refractivity contribution in [1.29, 1.82) is 0 Å². The van der Waals surface area contributed by atoms with Crippen LogP contribution in [0, 0.1) is 13.8 Å². The number of anilines is 5. The van der Waals surface area contributed by atoms with Crippen LogP contribution in [-0.2, 0) is 18.0 Å². The minimum absolute atomic E-state index is 0.0927. The molecular formula is C25H26F2N10OS. The summed E-state index contributed by atoms with van der Waals surface area (Å²) in [4.78, 5) is 24.0. The molecule has 5 rings (SSSR count). The topological polar surface area (TPSA) is 130 Å². The average Bonchev–Trinajstić information content (AvgIpc) is 3.52. The van der Waals surface area contributed by atoms with Gasteiger partial charge in [0.1, 0.15) is 28.1 Å². The van der Waals surface area contributed by atoms with E-state index in [4.69, 9.17) is 0 Å². The van der Waals surface area contributed by atoms with Gasteiger partial charge in [0, 0.05) is 32.0 Å². The van der Waals surface area contributed by atoms with Crippen molar-refractivity contribution in [2.24, 2.45) is 7.05 Å². The summed E-state index contributed by atoms with van der Waals surface area (Å²) in [5, 5.41) is 6.39. The molecule has 1 atom stereocenters. The summed E-state index contributed by atoms with van der Waals surface area (Å²) in [5.41, 5.74) is 5.32. The summed E-state index contributed by atoms with van der Waals surface area (Å²) in [6, 6.07) is 7.28. The normalized spacial score (nSPS) is 12.2. The lowest BCUT2D eigenvalue weighted by Gasteiger charge is -2.22. The maximum absolute atomic E-state index is 13.5. The number of rotatable bonds is 8. The van der Waals surface area contributed by atoms with Gasteiger partial charge in [0.05, 0.1) is 52.9 Å². The lowest BCUT2D eigenvalue weighted by Crippen LogP contribution is -2.20. The molecule has 3 N–H and O–H groups in total. The fourth-order valence-corrected chi connectivity index (χ4v) is 4.41. The monoisotopic (exact) mass is 552 g/mol. The van der Waals surface area contributed by atoms with Gasteiger partial charge in [0.25, 0.3) is 6.43 Å². The van der Waals surface area contributed by atoms with Crippen LogP contribution in [0.5, 0.6) is 0 Å². The van der Waals surface area contributed by atoms with Crippen LogP contribution in [-0.4, -0.2) is 52.0 Å². The molecule has 4 heterocycles. The van der Waals surface area contributed by atoms with E-state index in [0.717, 1.165) is 22.6 Å². The van der Waals surface area contributed by atoms with Crippen LogP contribution < -0.4 is 14.9 Å². The first-order valence-corrected chi connectivity index (χ1v) is 13.3. The third kappa shape index (κ3) is 5.27. The number of imidazole rings is 2. The third-order valence-electron chi connectivity index (χ3n) is 6.24. The number of alkyl halides is 2. The molecule has 11 nitrogen and oxygen atoms in total. The number of aromatic nitrogens is 7. The number of hydrogen-bond acceptors (Lipinski definition) is 8. The van der Waals surface area contributed by atoms with Crippen molar-refractivity contribution in [3.05, 3.63) is 60.2 Å². The molecule has 4 aromatic heterocycles. The largest absolute Gasteiger partial charge is 0.352 e. The van der Waals surface area contributed by atoms with E-state index in [1.807, 2.05) is 43.7 Å². The number of benzene rings is 1. The Morgan fingerprint density at radius 1 is 1.03 bits per heavy atom. The van der Waals surface area contributed by atoms with Gasteiger partial charge in [-0.3, -0.25) is 9.29 Å². The molecule has 1 unspecified atom stereocenters. The number of H-pyrrole nitrogens is 1. The van der Waals surface area contributed by atoms with Crippen LogP contribution in [0.15, 0.2) is 43.0 Å². The molecule has 0 saturated heterocycles. The Bertz CT molecular complexity index is 1700. The molecule has 0 aliphatic carbocycles. The van der Waals surface area contributed by atoms with Gasteiger partial charge in [-0.25, -0.2) is 32.9 Å². The molecule has 0 aliphatic rings. The fourth-order valence-electron chi connectivity index (χ4n) is 3.98. The van der Waals surface area contributed by atoms with Crippen LogP contribution in [0.3, 0.4) is 0 Å². The summed E-state index contributed by atoms with van der Waals surface area (Å²) in [6.45, 7) is 3.69. The van der Waals surface area contributed by atoms with Gasteiger partial charge >= 0.3 is 0 Å². The van der Waals surface area contributed by atoms with Crippen molar-refractivity contribution in [1.82, 2.24) is 34.5 Å². The van der Waals surface area contributed by atoms with Crippen molar-refractivity contribution in [3.8, 4) is 11.3 Å². The van der Waals surface area contributed by atoms with Gasteiger partial charge in [0.2, 0.25) is 0 Å². The van der Waals surface area contributed by atoms with E-state index in [-0.39, 0.29) is 5.65 Å². The van der Waals surface area contributed by atoms with Gasteiger partial charge in [-0.1, -0.05) is 6.07 Å². The molecule has 14 heteroatoms. The van der Waals surface area contributed by atoms with Crippen molar-refractivity contribution in [2.75, 3.05) is 28.2 Å². The lowest BCUT2D eigenvalue weighted by atomic mass is 10.1. The third-order valence-corrected chi connectivity index (χ3v) is 7.21. The summed E-state index contributed by atoms with van der Waals surface area (Å²) < 4.78 is 43.0. The van der Waals surface area contributed by atoms with Crippen LogP contribution in [0.25, 0.3) is 22.4 Å². The summed E-state index contributed by atoms with van der Waals surface area (Å²) in [5.74, 6) is 0.278. The quantitative estimate of drug-likeness (QED) is 0.247. The second kappa shape index (κ2) is 10.4. The molecule has 0 amide bonds. The summed E-state index contributed by atoms with van der Waals surface area (Å²) >= 11 is 0. The molecule has 5 aromatic rings. The van der Waals surface area contributed by atoms with Crippen LogP contribution in [0.2, 0.25) is 0 Å². The maximum Gasteiger partial charge on any atom is 0.295 e. The lowest BCUT2D eigenvalue weighted by molar-refractivity contribution is 0.142. The molecule has 0 spiro atoms. The Kier molecular flexibility index (Phi) is 6.95. The highest BCUT2D eigenvalue weighted by atomic mass is 32.2. The molecule has 1 aromatic carbocycles. The van der Waals surface area contributed by atoms with E-state index in [1.54, 1.807) is 42.4 Å². The smallest absolute Gasteiger partial charge is 0.295 e. The zero-order chi connectivity index (χ0) is 27.8. The first kappa shape index (κ1) is 26.2. The second-order valence-electron chi connectivity index (χ2n) is 8.90. The Labute approximate surface area is 225 Å². The number of halogens is 2. The van der Waals surface area contributed by atoms with Crippen molar-refractivity contribution in [3.63, 3.8) is 0 Å². The van der Waals surface area contributed by atoms with E-state index in [9.17, 15) is 13.0 Å². The molecule has 0 fully saturated rings. The van der Waals surface area contributed by atoms with Crippen LogP contribution in [0.1, 0.15) is 23.6 Å². The van der Waals surface area contributed by atoms with Crippen molar-refractivity contribution < 1.29 is 13.0 Å². The van der Waals surface area contributed by atoms with Gasteiger partial charge in [0.15, 0.2) is 11.5 Å². The van der Waals surface area contributed by atoms with E-state index in [2.05, 4.69) is 40.5 Å². The first-order chi connectivity index (χ1) is 18.6. The fraction of sp³-hybridized carbons (Fsp3) is 0.240. The second-order valence-corrected chi connectivity index (χ2v) is 10.3. The average molecular weight is 553 g/mol. The number of fused-ring (bicyclic) bond motifs is 1. The zero-order valence-electron chi connectivity index (χ0n) is 21.8. The standard InChI is InChI=1S/C25H26F2N10OS/c1-13-14(2)30-21(11-29-13)32-20-9-17(22-24(33-20)35-25(34-22)23(26)27)31-16-7-6-15(19-10-28-12-36(19)3)8-18(16)37(4)39(5)38/h6-12,23H,1-5H3,(H3,30,31,32,33,34,35). The Morgan fingerprint density at radius 2 is 1.82 bits per heavy atom. The molecule has 0 aliphatic heterocycles. The van der Waals surface area contributed by atoms with Gasteiger partial charge in [-0.2, -0.15) is 0 Å². The summed E-state index contributed by atoms with van der Waals surface area (Å²) in [7, 11) is 2.25. The number of nitrogens with zero attached hydrogens (tertiary/aromatic N) is 7. The first-order valence-electron chi connectivity index (χ1n) is 11.8. The predicted octanol–water partition coefficient (Wildman–Crippen LogP) is 4.92. The highest BCUT2D eigenvalue weighted by Gasteiger charge is 2.20. The maximum atomic E-state index is 13.5. The molecule has 39 heavy (non-hydrogen) atoms. The number of pyridine rings is 1. The highest BCUT2D eigenvalue weighted by Crippen LogP contribution is 2.36. The molecule has 202 valence electrons. The zero-order valence-corrected chi connectivity index (χ0v) is 22.6. The number of hydrogen-bond donors (Lipinski definition) is 3. The van der Waals surface area contributed by atoms with E-state index >= 15 is 0 Å². The van der Waals surface area contributed by atoms with Crippen LogP contribution in [0.4, 0.5) is 37.5 Å². The number of aromatic amines is 1. The molecule has 0 radical (unpaired) electrons. The van der Waals surface area contributed by atoms with Gasteiger partial charge < -0.3 is 20.2 Å². The van der Waals surface area contributed by atoms with E-state index in [0.29, 0.717) is 34.2 Å². The van der Waals surface area contributed by atoms with Crippen molar-refractivity contribution >= 4 is 50.8 Å². The molecule has 0 saturated carbocycles. The Balaban J connectivity index is 1.61.